The Kier molecular flexibility index (Phi) is 6.57. The molecular weight excluding hydrogens is 240 g/mol. The number of hydrogen-bond acceptors (Lipinski definition) is 5. The Hall–Kier alpha value is -1.20. The van der Waals surface area contributed by atoms with Crippen LogP contribution in [-0.2, 0) is 9.59 Å². The molecule has 0 unspecified atom stereocenters. The maximum atomic E-state index is 9.95. The molecule has 0 atom stereocenters. The van der Waals surface area contributed by atoms with E-state index in [9.17, 15) is 14.4 Å². The summed E-state index contributed by atoms with van der Waals surface area (Å²) in [5.74, 6) is -0.120. The molecule has 0 saturated heterocycles. The Labute approximate surface area is 95.5 Å². The molecule has 0 amide bonds. The highest BCUT2D eigenvalue weighted by Gasteiger charge is 1.97. The standard InChI is InChI=1S/C5H4O2S.C4H5ClO2/c6-3-5-4(7)1-2-8-5;1-3(6)2-4(5)7/h1-3,7H;2H2,1H3. The zero-order chi connectivity index (χ0) is 11.8. The highest BCUT2D eigenvalue weighted by molar-refractivity contribution is 7.12. The second kappa shape index (κ2) is 7.14. The summed E-state index contributed by atoms with van der Waals surface area (Å²) in [5, 5.41) is 9.81. The second-order valence-electron chi connectivity index (χ2n) is 2.52. The third-order valence-corrected chi connectivity index (χ3v) is 2.13. The summed E-state index contributed by atoms with van der Waals surface area (Å²) in [7, 11) is 0. The maximum Gasteiger partial charge on any atom is 0.229 e. The van der Waals surface area contributed by atoms with Crippen LogP contribution in [0.1, 0.15) is 23.0 Å². The van der Waals surface area contributed by atoms with Crippen molar-refractivity contribution in [2.24, 2.45) is 0 Å². The van der Waals surface area contributed by atoms with Crippen molar-refractivity contribution < 1.29 is 19.5 Å². The van der Waals surface area contributed by atoms with Gasteiger partial charge in [0.25, 0.3) is 0 Å². The Morgan fingerprint density at radius 3 is 2.33 bits per heavy atom. The van der Waals surface area contributed by atoms with Gasteiger partial charge in [0.1, 0.15) is 16.4 Å². The summed E-state index contributed by atoms with van der Waals surface area (Å²) in [6.07, 6.45) is 0.488. The first kappa shape index (κ1) is 13.8. The Morgan fingerprint density at radius 2 is 2.20 bits per heavy atom. The Bertz CT molecular complexity index is 347. The number of rotatable bonds is 3. The van der Waals surface area contributed by atoms with Crippen LogP contribution >= 0.6 is 22.9 Å². The van der Waals surface area contributed by atoms with Gasteiger partial charge >= 0.3 is 0 Å². The number of carbonyl (C=O) groups is 3. The van der Waals surface area contributed by atoms with E-state index in [1.807, 2.05) is 0 Å². The molecule has 0 aliphatic rings. The van der Waals surface area contributed by atoms with E-state index in [4.69, 9.17) is 16.7 Å². The molecule has 0 spiro atoms. The van der Waals surface area contributed by atoms with Crippen LogP contribution in [0.3, 0.4) is 0 Å². The van der Waals surface area contributed by atoms with E-state index < -0.39 is 5.24 Å². The van der Waals surface area contributed by atoms with Crippen molar-refractivity contribution in [2.45, 2.75) is 13.3 Å². The number of carbonyl (C=O) groups excluding carboxylic acids is 3. The number of aromatic hydroxyl groups is 1. The molecule has 1 rings (SSSR count). The SMILES string of the molecule is CC(=O)CC(=O)Cl.O=Cc1sccc1O. The van der Waals surface area contributed by atoms with Crippen molar-refractivity contribution in [2.75, 3.05) is 0 Å². The molecule has 4 nitrogen and oxygen atoms in total. The summed E-state index contributed by atoms with van der Waals surface area (Å²) in [5.41, 5.74) is 0. The summed E-state index contributed by atoms with van der Waals surface area (Å²) >= 11 is 6.04. The summed E-state index contributed by atoms with van der Waals surface area (Å²) in [6, 6.07) is 1.49. The lowest BCUT2D eigenvalue weighted by molar-refractivity contribution is -0.122. The van der Waals surface area contributed by atoms with Gasteiger partial charge in [-0.05, 0) is 30.0 Å². The molecule has 0 radical (unpaired) electrons. The van der Waals surface area contributed by atoms with Gasteiger partial charge in [0, 0.05) is 0 Å². The van der Waals surface area contributed by atoms with Crippen molar-refractivity contribution in [1.82, 2.24) is 0 Å². The molecule has 0 aliphatic heterocycles. The monoisotopic (exact) mass is 248 g/mol. The molecule has 1 aromatic heterocycles. The van der Waals surface area contributed by atoms with Gasteiger partial charge in [-0.3, -0.25) is 14.4 Å². The van der Waals surface area contributed by atoms with Crippen molar-refractivity contribution in [3.05, 3.63) is 16.3 Å². The first-order valence-corrected chi connectivity index (χ1v) is 5.12. The van der Waals surface area contributed by atoms with Gasteiger partial charge in [-0.15, -0.1) is 11.3 Å². The van der Waals surface area contributed by atoms with Crippen LogP contribution < -0.4 is 0 Å². The number of halogens is 1. The largest absolute Gasteiger partial charge is 0.506 e. The van der Waals surface area contributed by atoms with E-state index in [1.54, 1.807) is 5.38 Å². The van der Waals surface area contributed by atoms with Crippen LogP contribution in [0.5, 0.6) is 5.75 Å². The van der Waals surface area contributed by atoms with Crippen molar-refractivity contribution in [1.29, 1.82) is 0 Å². The number of aldehydes is 1. The van der Waals surface area contributed by atoms with E-state index in [0.29, 0.717) is 11.2 Å². The van der Waals surface area contributed by atoms with Gasteiger partial charge in [-0.1, -0.05) is 0 Å². The van der Waals surface area contributed by atoms with E-state index >= 15 is 0 Å². The Morgan fingerprint density at radius 1 is 1.60 bits per heavy atom. The van der Waals surface area contributed by atoms with E-state index in [-0.39, 0.29) is 18.0 Å². The van der Waals surface area contributed by atoms with Gasteiger partial charge in [-0.2, -0.15) is 0 Å². The van der Waals surface area contributed by atoms with Crippen LogP contribution in [0.2, 0.25) is 0 Å². The molecule has 1 heterocycles. The number of Topliss-reactive ketones (excluding diaryl/α,β-unsaturated/α-hetero) is 1. The third kappa shape index (κ3) is 6.82. The first-order valence-electron chi connectivity index (χ1n) is 3.86. The third-order valence-electron chi connectivity index (χ3n) is 1.17. The van der Waals surface area contributed by atoms with Gasteiger partial charge in [0.2, 0.25) is 5.24 Å². The fraction of sp³-hybridized carbons (Fsp3) is 0.222. The molecule has 0 aromatic carbocycles. The molecule has 0 fully saturated rings. The number of hydrogen-bond donors (Lipinski definition) is 1. The smallest absolute Gasteiger partial charge is 0.229 e. The number of ketones is 1. The molecule has 0 bridgehead atoms. The fourth-order valence-electron chi connectivity index (χ4n) is 0.598. The van der Waals surface area contributed by atoms with Crippen molar-refractivity contribution in [3.8, 4) is 5.75 Å². The van der Waals surface area contributed by atoms with Crippen LogP contribution in [0, 0.1) is 0 Å². The van der Waals surface area contributed by atoms with Crippen molar-refractivity contribution in [3.63, 3.8) is 0 Å². The Balaban J connectivity index is 0.000000265. The lowest BCUT2D eigenvalue weighted by Gasteiger charge is -1.79. The topological polar surface area (TPSA) is 71.4 Å². The lowest BCUT2D eigenvalue weighted by Crippen LogP contribution is -1.94. The first-order chi connectivity index (χ1) is 6.97. The highest BCUT2D eigenvalue weighted by atomic mass is 35.5. The van der Waals surface area contributed by atoms with Crippen LogP contribution in [-0.4, -0.2) is 22.4 Å². The molecule has 1 N–H and O–H groups in total. The molecule has 0 aliphatic carbocycles. The second-order valence-corrected chi connectivity index (χ2v) is 3.89. The normalized spacial score (nSPS) is 8.67. The predicted octanol–water partition coefficient (Wildman–Crippen LogP) is 2.00. The van der Waals surface area contributed by atoms with E-state index in [2.05, 4.69) is 0 Å². The zero-order valence-electron chi connectivity index (χ0n) is 7.90. The van der Waals surface area contributed by atoms with E-state index in [0.717, 1.165) is 0 Å². The molecule has 0 saturated carbocycles. The summed E-state index contributed by atoms with van der Waals surface area (Å²) in [4.78, 5) is 30.1. The summed E-state index contributed by atoms with van der Waals surface area (Å²) in [6.45, 7) is 1.32. The maximum absolute atomic E-state index is 9.95. The van der Waals surface area contributed by atoms with Gasteiger partial charge in [0.15, 0.2) is 6.29 Å². The molecule has 1 aromatic rings. The van der Waals surface area contributed by atoms with Crippen molar-refractivity contribution >= 4 is 40.2 Å². The van der Waals surface area contributed by atoms with Crippen LogP contribution in [0.4, 0.5) is 0 Å². The van der Waals surface area contributed by atoms with E-state index in [1.165, 1.54) is 24.3 Å². The molecule has 82 valence electrons. The molecule has 15 heavy (non-hydrogen) atoms. The quantitative estimate of drug-likeness (QED) is 0.505. The average molecular weight is 249 g/mol. The van der Waals surface area contributed by atoms with Gasteiger partial charge in [0.05, 0.1) is 6.42 Å². The minimum Gasteiger partial charge on any atom is -0.506 e. The minimum absolute atomic E-state index is 0.0741. The lowest BCUT2D eigenvalue weighted by atomic mass is 10.3. The predicted molar refractivity (Wildman–Crippen MR) is 57.5 cm³/mol. The van der Waals surface area contributed by atoms with Crippen LogP contribution in [0.15, 0.2) is 11.4 Å². The van der Waals surface area contributed by atoms with Crippen LogP contribution in [0.25, 0.3) is 0 Å². The zero-order valence-corrected chi connectivity index (χ0v) is 9.47. The number of thiophene rings is 1. The summed E-state index contributed by atoms with van der Waals surface area (Å²) < 4.78 is 0. The highest BCUT2D eigenvalue weighted by Crippen LogP contribution is 2.19. The molecular formula is C9H9ClO4S. The van der Waals surface area contributed by atoms with Gasteiger partial charge < -0.3 is 5.11 Å². The molecule has 6 heteroatoms. The minimum atomic E-state index is -0.590. The fourth-order valence-corrected chi connectivity index (χ4v) is 1.37. The average Bonchev–Trinajstić information content (AvgIpc) is 2.49. The van der Waals surface area contributed by atoms with Gasteiger partial charge in [-0.25, -0.2) is 0 Å².